The van der Waals surface area contributed by atoms with Gasteiger partial charge in [0.05, 0.1) is 6.04 Å². The summed E-state index contributed by atoms with van der Waals surface area (Å²) in [4.78, 5) is 42.4. The molecule has 2 fully saturated rings. The number of nitrogens with zero attached hydrogens (tertiary/aromatic N) is 2. The molecule has 0 unspecified atom stereocenters. The van der Waals surface area contributed by atoms with E-state index in [0.29, 0.717) is 13.1 Å². The normalized spacial score (nSPS) is 23.2. The van der Waals surface area contributed by atoms with Crippen LogP contribution in [0.2, 0.25) is 0 Å². The van der Waals surface area contributed by atoms with Crippen molar-refractivity contribution in [1.29, 1.82) is 0 Å². The number of para-hydroxylation sites is 1. The molecule has 0 aromatic heterocycles. The first kappa shape index (κ1) is 17.9. The molecule has 2 N–H and O–H groups in total. The van der Waals surface area contributed by atoms with Crippen molar-refractivity contribution < 1.29 is 14.4 Å². The van der Waals surface area contributed by atoms with Gasteiger partial charge in [-0.05, 0) is 23.6 Å². The molecule has 0 aliphatic carbocycles. The van der Waals surface area contributed by atoms with Crippen molar-refractivity contribution in [3.05, 3.63) is 65.7 Å². The Labute approximate surface area is 168 Å². The van der Waals surface area contributed by atoms with E-state index in [0.717, 1.165) is 24.3 Å². The zero-order valence-corrected chi connectivity index (χ0v) is 15.9. The fourth-order valence-electron chi connectivity index (χ4n) is 4.92. The number of imide groups is 2. The summed E-state index contributed by atoms with van der Waals surface area (Å²) in [6.07, 6.45) is 0.286. The second-order valence-corrected chi connectivity index (χ2v) is 7.94. The van der Waals surface area contributed by atoms with Gasteiger partial charge in [0.15, 0.2) is 5.41 Å². The van der Waals surface area contributed by atoms with Crippen LogP contribution in [0, 0.1) is 5.41 Å². The van der Waals surface area contributed by atoms with E-state index in [1.165, 1.54) is 5.56 Å². The predicted molar refractivity (Wildman–Crippen MR) is 107 cm³/mol. The molecule has 5 rings (SSSR count). The molecule has 3 aliphatic rings. The lowest BCUT2D eigenvalue weighted by Crippen LogP contribution is -2.74. The Bertz CT molecular complexity index is 971. The fourth-order valence-corrected chi connectivity index (χ4v) is 4.92. The molecule has 2 aromatic carbocycles. The Balaban J connectivity index is 1.53. The third-order valence-corrected chi connectivity index (χ3v) is 6.32. The van der Waals surface area contributed by atoms with Gasteiger partial charge < -0.3 is 4.90 Å². The summed E-state index contributed by atoms with van der Waals surface area (Å²) in [5.74, 6) is -1.00. The van der Waals surface area contributed by atoms with Crippen molar-refractivity contribution in [1.82, 2.24) is 15.5 Å². The van der Waals surface area contributed by atoms with Crippen LogP contribution in [-0.4, -0.2) is 48.4 Å². The molecule has 7 nitrogen and oxygen atoms in total. The van der Waals surface area contributed by atoms with Gasteiger partial charge in [-0.25, -0.2) is 4.79 Å². The first-order valence-electron chi connectivity index (χ1n) is 9.85. The molecule has 2 aromatic rings. The van der Waals surface area contributed by atoms with E-state index in [2.05, 4.69) is 32.6 Å². The molecule has 1 atom stereocenters. The van der Waals surface area contributed by atoms with Crippen molar-refractivity contribution >= 4 is 23.5 Å². The van der Waals surface area contributed by atoms with Crippen molar-refractivity contribution in [3.8, 4) is 0 Å². The van der Waals surface area contributed by atoms with Crippen LogP contribution < -0.4 is 15.5 Å². The molecule has 3 aliphatic heterocycles. The summed E-state index contributed by atoms with van der Waals surface area (Å²) in [6, 6.07) is 17.0. The number of anilines is 1. The maximum atomic E-state index is 13.1. The largest absolute Gasteiger partial charge is 0.364 e. The number of fused-ring (bicyclic) bond motifs is 4. The minimum Gasteiger partial charge on any atom is -0.364 e. The number of hydrogen-bond donors (Lipinski definition) is 2. The van der Waals surface area contributed by atoms with E-state index in [1.54, 1.807) is 0 Å². The number of carbonyl (C=O) groups is 3. The summed E-state index contributed by atoms with van der Waals surface area (Å²) >= 11 is 0. The number of hydrogen-bond acceptors (Lipinski definition) is 5. The third kappa shape index (κ3) is 2.81. The van der Waals surface area contributed by atoms with Gasteiger partial charge in [0.25, 0.3) is 0 Å². The standard InChI is InChI=1S/C22H22N4O3/c27-19-22(20(28)24-21(29)23-19)12-16-8-4-5-9-17(16)26-11-10-25(14-18(22)26)13-15-6-2-1-3-7-15/h1-9,18H,10-14H2,(H2,23,24,27,28,29)/t18-/m0/s1. The number of barbiturate groups is 1. The lowest BCUT2D eigenvalue weighted by molar-refractivity contribution is -0.147. The van der Waals surface area contributed by atoms with Crippen molar-refractivity contribution in [2.75, 3.05) is 24.5 Å². The van der Waals surface area contributed by atoms with Crippen LogP contribution in [0.3, 0.4) is 0 Å². The average Bonchev–Trinajstić information content (AvgIpc) is 2.72. The van der Waals surface area contributed by atoms with E-state index < -0.39 is 23.3 Å². The van der Waals surface area contributed by atoms with E-state index in [9.17, 15) is 14.4 Å². The zero-order chi connectivity index (χ0) is 20.0. The molecular weight excluding hydrogens is 368 g/mol. The smallest absolute Gasteiger partial charge is 0.328 e. The van der Waals surface area contributed by atoms with Gasteiger partial charge in [-0.15, -0.1) is 0 Å². The fraction of sp³-hybridized carbons (Fsp3) is 0.318. The lowest BCUT2D eigenvalue weighted by Gasteiger charge is -2.54. The second-order valence-electron chi connectivity index (χ2n) is 7.94. The summed E-state index contributed by atoms with van der Waals surface area (Å²) < 4.78 is 0. The van der Waals surface area contributed by atoms with Crippen LogP contribution in [-0.2, 0) is 22.6 Å². The Morgan fingerprint density at radius 1 is 0.897 bits per heavy atom. The van der Waals surface area contributed by atoms with E-state index in [4.69, 9.17) is 0 Å². The maximum Gasteiger partial charge on any atom is 0.328 e. The predicted octanol–water partition coefficient (Wildman–Crippen LogP) is 1.29. The Morgan fingerprint density at radius 3 is 2.34 bits per heavy atom. The van der Waals surface area contributed by atoms with Crippen molar-refractivity contribution in [2.45, 2.75) is 19.0 Å². The van der Waals surface area contributed by atoms with Crippen LogP contribution in [0.25, 0.3) is 0 Å². The molecule has 7 heteroatoms. The second kappa shape index (κ2) is 6.70. The number of urea groups is 1. The van der Waals surface area contributed by atoms with Crippen LogP contribution in [0.1, 0.15) is 11.1 Å². The highest BCUT2D eigenvalue weighted by Gasteiger charge is 2.60. The monoisotopic (exact) mass is 390 g/mol. The first-order valence-corrected chi connectivity index (χ1v) is 9.85. The number of amides is 4. The Kier molecular flexibility index (Phi) is 4.13. The van der Waals surface area contributed by atoms with Gasteiger partial charge in [-0.1, -0.05) is 48.5 Å². The molecule has 148 valence electrons. The number of benzene rings is 2. The molecule has 2 saturated heterocycles. The number of carbonyl (C=O) groups excluding carboxylic acids is 3. The van der Waals surface area contributed by atoms with Crippen molar-refractivity contribution in [3.63, 3.8) is 0 Å². The van der Waals surface area contributed by atoms with Gasteiger partial charge in [-0.3, -0.25) is 25.1 Å². The molecular formula is C22H22N4O3. The summed E-state index contributed by atoms with van der Waals surface area (Å²) in [5, 5.41) is 4.69. The number of nitrogens with one attached hydrogen (secondary N) is 2. The molecule has 1 spiro atoms. The minimum atomic E-state index is -1.32. The topological polar surface area (TPSA) is 81.8 Å². The third-order valence-electron chi connectivity index (χ3n) is 6.32. The highest BCUT2D eigenvalue weighted by Crippen LogP contribution is 2.44. The highest BCUT2D eigenvalue weighted by molar-refractivity contribution is 6.20. The van der Waals surface area contributed by atoms with Crippen LogP contribution in [0.4, 0.5) is 10.5 Å². The molecule has 0 bridgehead atoms. The summed E-state index contributed by atoms with van der Waals surface area (Å²) in [5.41, 5.74) is 1.90. The van der Waals surface area contributed by atoms with Gasteiger partial charge in [-0.2, -0.15) is 0 Å². The molecule has 29 heavy (non-hydrogen) atoms. The first-order chi connectivity index (χ1) is 14.1. The quantitative estimate of drug-likeness (QED) is 0.755. The summed E-state index contributed by atoms with van der Waals surface area (Å²) in [6.45, 7) is 2.87. The van der Waals surface area contributed by atoms with E-state index in [1.807, 2.05) is 42.5 Å². The lowest BCUT2D eigenvalue weighted by atomic mass is 9.68. The minimum absolute atomic E-state index is 0.286. The van der Waals surface area contributed by atoms with Gasteiger partial charge >= 0.3 is 6.03 Å². The van der Waals surface area contributed by atoms with Gasteiger partial charge in [0, 0.05) is 31.9 Å². The van der Waals surface area contributed by atoms with Crippen LogP contribution in [0.15, 0.2) is 54.6 Å². The van der Waals surface area contributed by atoms with E-state index in [-0.39, 0.29) is 12.5 Å². The van der Waals surface area contributed by atoms with Gasteiger partial charge in [0.1, 0.15) is 0 Å². The molecule has 0 radical (unpaired) electrons. The molecule has 3 heterocycles. The zero-order valence-electron chi connectivity index (χ0n) is 15.9. The molecule has 4 amide bonds. The Hall–Kier alpha value is -3.19. The van der Waals surface area contributed by atoms with Crippen molar-refractivity contribution in [2.24, 2.45) is 5.41 Å². The SMILES string of the molecule is O=C1NC(=O)C2(Cc3ccccc3N3CCN(Cc4ccccc4)C[C@H]32)C(=O)N1. The number of piperazine rings is 1. The van der Waals surface area contributed by atoms with Crippen LogP contribution >= 0.6 is 0 Å². The van der Waals surface area contributed by atoms with Gasteiger partial charge in [0.2, 0.25) is 11.8 Å². The average molecular weight is 390 g/mol. The van der Waals surface area contributed by atoms with Crippen LogP contribution in [0.5, 0.6) is 0 Å². The Morgan fingerprint density at radius 2 is 1.59 bits per heavy atom. The highest BCUT2D eigenvalue weighted by atomic mass is 16.2. The number of rotatable bonds is 2. The van der Waals surface area contributed by atoms with E-state index >= 15 is 0 Å². The summed E-state index contributed by atoms with van der Waals surface area (Å²) in [7, 11) is 0. The maximum absolute atomic E-state index is 13.1. The molecule has 0 saturated carbocycles.